The van der Waals surface area contributed by atoms with Crippen LogP contribution in [0, 0.1) is 0 Å². The fraction of sp³-hybridized carbons (Fsp3) is 0.263. The van der Waals surface area contributed by atoms with Crippen LogP contribution in [0.4, 0.5) is 5.69 Å². The van der Waals surface area contributed by atoms with Crippen LogP contribution < -0.4 is 9.64 Å². The Morgan fingerprint density at radius 3 is 3.04 bits per heavy atom. The molecule has 0 spiro atoms. The third kappa shape index (κ3) is 3.19. The van der Waals surface area contributed by atoms with Crippen LogP contribution >= 0.6 is 22.7 Å². The molecule has 1 aliphatic heterocycles. The lowest BCUT2D eigenvalue weighted by Crippen LogP contribution is -2.36. The van der Waals surface area contributed by atoms with E-state index in [0.29, 0.717) is 6.42 Å². The third-order valence-corrected chi connectivity index (χ3v) is 5.98. The summed E-state index contributed by atoms with van der Waals surface area (Å²) in [6, 6.07) is 8.04. The van der Waals surface area contributed by atoms with Crippen LogP contribution in [0.3, 0.4) is 0 Å². The maximum absolute atomic E-state index is 12.9. The van der Waals surface area contributed by atoms with Gasteiger partial charge in [-0.1, -0.05) is 12.1 Å². The van der Waals surface area contributed by atoms with Gasteiger partial charge < -0.3 is 9.64 Å². The Morgan fingerprint density at radius 1 is 1.32 bits per heavy atom. The van der Waals surface area contributed by atoms with Crippen molar-refractivity contribution in [3.05, 3.63) is 51.7 Å². The Hall–Kier alpha value is -2.18. The summed E-state index contributed by atoms with van der Waals surface area (Å²) in [6.07, 6.45) is 2.27. The normalized spacial score (nSPS) is 13.6. The molecule has 1 aliphatic rings. The summed E-state index contributed by atoms with van der Waals surface area (Å²) in [7, 11) is 1.65. The molecule has 0 N–H and O–H groups in total. The number of aromatic nitrogens is 1. The van der Waals surface area contributed by atoms with Crippen molar-refractivity contribution in [2.24, 2.45) is 0 Å². The second-order valence-corrected chi connectivity index (χ2v) is 7.59. The van der Waals surface area contributed by atoms with E-state index in [1.54, 1.807) is 29.8 Å². The fourth-order valence-electron chi connectivity index (χ4n) is 3.19. The van der Waals surface area contributed by atoms with Crippen LogP contribution in [0.1, 0.15) is 17.7 Å². The van der Waals surface area contributed by atoms with Crippen molar-refractivity contribution in [1.82, 2.24) is 4.98 Å². The first-order valence-corrected chi connectivity index (χ1v) is 10.0. The zero-order chi connectivity index (χ0) is 17.2. The number of aryl methyl sites for hydroxylation is 1. The molecule has 25 heavy (non-hydrogen) atoms. The molecule has 0 saturated carbocycles. The number of rotatable bonds is 4. The number of amides is 1. The van der Waals surface area contributed by atoms with Crippen molar-refractivity contribution >= 4 is 34.3 Å². The van der Waals surface area contributed by atoms with Gasteiger partial charge in [0, 0.05) is 22.9 Å². The van der Waals surface area contributed by atoms with Crippen LogP contribution in [-0.4, -0.2) is 24.5 Å². The number of hydrogen-bond acceptors (Lipinski definition) is 5. The van der Waals surface area contributed by atoms with Gasteiger partial charge in [-0.05, 0) is 35.9 Å². The van der Waals surface area contributed by atoms with Crippen molar-refractivity contribution < 1.29 is 9.53 Å². The Labute approximate surface area is 154 Å². The summed E-state index contributed by atoms with van der Waals surface area (Å²) in [4.78, 5) is 19.4. The van der Waals surface area contributed by atoms with E-state index >= 15 is 0 Å². The largest absolute Gasteiger partial charge is 0.495 e. The lowest BCUT2D eigenvalue weighted by molar-refractivity contribution is -0.118. The number of thiazole rings is 1. The lowest BCUT2D eigenvalue weighted by Gasteiger charge is -2.30. The van der Waals surface area contributed by atoms with Gasteiger partial charge in [0.2, 0.25) is 5.91 Å². The Kier molecular flexibility index (Phi) is 4.55. The minimum atomic E-state index is 0.0765. The molecule has 0 fully saturated rings. The molecule has 0 unspecified atom stereocenters. The molecule has 3 heterocycles. The maximum Gasteiger partial charge on any atom is 0.233 e. The average molecular weight is 370 g/mol. The molecular weight excluding hydrogens is 352 g/mol. The zero-order valence-corrected chi connectivity index (χ0v) is 15.5. The Balaban J connectivity index is 1.57. The minimum Gasteiger partial charge on any atom is -0.495 e. The number of benzene rings is 1. The number of carbonyl (C=O) groups excluding carboxylic acids is 1. The maximum atomic E-state index is 12.9. The van der Waals surface area contributed by atoms with E-state index in [1.807, 2.05) is 27.8 Å². The van der Waals surface area contributed by atoms with Gasteiger partial charge in [-0.25, -0.2) is 4.98 Å². The molecule has 4 nitrogen and oxygen atoms in total. The van der Waals surface area contributed by atoms with E-state index in [9.17, 15) is 4.79 Å². The summed E-state index contributed by atoms with van der Waals surface area (Å²) in [5.74, 6) is 0.843. The Morgan fingerprint density at radius 2 is 2.24 bits per heavy atom. The molecule has 0 saturated heterocycles. The quantitative estimate of drug-likeness (QED) is 0.683. The standard InChI is InChI=1S/C19H18N2O2S2/c1-23-16-6-2-4-13-5-3-8-21(18(13)16)17(22)10-15-12-25-19(20-15)14-7-9-24-11-14/h2,4,6-7,9,11-12H,3,5,8,10H2,1H3. The van der Waals surface area contributed by atoms with E-state index in [-0.39, 0.29) is 5.91 Å². The van der Waals surface area contributed by atoms with Crippen molar-refractivity contribution in [3.8, 4) is 16.3 Å². The molecule has 1 amide bonds. The van der Waals surface area contributed by atoms with Gasteiger partial charge >= 0.3 is 0 Å². The lowest BCUT2D eigenvalue weighted by atomic mass is 10.0. The predicted molar refractivity (Wildman–Crippen MR) is 103 cm³/mol. The van der Waals surface area contributed by atoms with Crippen molar-refractivity contribution in [2.45, 2.75) is 19.3 Å². The van der Waals surface area contributed by atoms with E-state index in [1.165, 1.54) is 5.56 Å². The van der Waals surface area contributed by atoms with Gasteiger partial charge in [0.1, 0.15) is 10.8 Å². The summed E-state index contributed by atoms with van der Waals surface area (Å²) < 4.78 is 5.49. The van der Waals surface area contributed by atoms with Crippen molar-refractivity contribution in [1.29, 1.82) is 0 Å². The van der Waals surface area contributed by atoms with Crippen LogP contribution in [-0.2, 0) is 17.6 Å². The molecule has 0 bridgehead atoms. The topological polar surface area (TPSA) is 42.4 Å². The van der Waals surface area contributed by atoms with Gasteiger partial charge in [0.05, 0.1) is 24.9 Å². The van der Waals surface area contributed by atoms with E-state index in [2.05, 4.69) is 22.5 Å². The van der Waals surface area contributed by atoms with Gasteiger partial charge in [-0.15, -0.1) is 11.3 Å². The van der Waals surface area contributed by atoms with Gasteiger partial charge in [0.15, 0.2) is 0 Å². The van der Waals surface area contributed by atoms with E-state index in [4.69, 9.17) is 4.74 Å². The first kappa shape index (κ1) is 16.3. The van der Waals surface area contributed by atoms with Crippen LogP contribution in [0.5, 0.6) is 5.75 Å². The van der Waals surface area contributed by atoms with Crippen LogP contribution in [0.25, 0.3) is 10.6 Å². The summed E-state index contributed by atoms with van der Waals surface area (Å²) >= 11 is 3.24. The predicted octanol–water partition coefficient (Wildman–Crippen LogP) is 4.40. The third-order valence-electron chi connectivity index (χ3n) is 4.35. The van der Waals surface area contributed by atoms with E-state index < -0.39 is 0 Å². The number of fused-ring (bicyclic) bond motifs is 1. The highest BCUT2D eigenvalue weighted by atomic mass is 32.1. The zero-order valence-electron chi connectivity index (χ0n) is 13.9. The second kappa shape index (κ2) is 6.98. The van der Waals surface area contributed by atoms with E-state index in [0.717, 1.165) is 47.1 Å². The number of nitrogens with zero attached hydrogens (tertiary/aromatic N) is 2. The summed E-state index contributed by atoms with van der Waals surface area (Å²) in [5.41, 5.74) is 4.06. The van der Waals surface area contributed by atoms with Crippen molar-refractivity contribution in [2.75, 3.05) is 18.6 Å². The number of ether oxygens (including phenoxy) is 1. The first-order valence-electron chi connectivity index (χ1n) is 8.19. The highest BCUT2D eigenvalue weighted by molar-refractivity contribution is 7.14. The molecule has 6 heteroatoms. The molecule has 0 aliphatic carbocycles. The molecule has 1 aromatic carbocycles. The van der Waals surface area contributed by atoms with Crippen LogP contribution in [0.2, 0.25) is 0 Å². The van der Waals surface area contributed by atoms with Crippen LogP contribution in [0.15, 0.2) is 40.4 Å². The first-order chi connectivity index (χ1) is 12.3. The van der Waals surface area contributed by atoms with Crippen molar-refractivity contribution in [3.63, 3.8) is 0 Å². The second-order valence-electron chi connectivity index (χ2n) is 5.95. The smallest absolute Gasteiger partial charge is 0.233 e. The molecular formula is C19H18N2O2S2. The molecule has 0 radical (unpaired) electrons. The monoisotopic (exact) mass is 370 g/mol. The highest BCUT2D eigenvalue weighted by Crippen LogP contribution is 2.36. The Bertz CT molecular complexity index is 872. The highest BCUT2D eigenvalue weighted by Gasteiger charge is 2.26. The molecule has 0 atom stereocenters. The molecule has 128 valence electrons. The summed E-state index contributed by atoms with van der Waals surface area (Å²) in [6.45, 7) is 0.730. The van der Waals surface area contributed by atoms with Gasteiger partial charge in [-0.2, -0.15) is 11.3 Å². The molecule has 2 aromatic heterocycles. The number of anilines is 1. The number of thiophene rings is 1. The molecule has 3 aromatic rings. The average Bonchev–Trinajstić information content (AvgIpc) is 3.32. The fourth-order valence-corrected chi connectivity index (χ4v) is 4.72. The number of methoxy groups -OCH3 is 1. The summed E-state index contributed by atoms with van der Waals surface area (Å²) in [5, 5.41) is 7.08. The number of hydrogen-bond donors (Lipinski definition) is 0. The van der Waals surface area contributed by atoms with Gasteiger partial charge in [-0.3, -0.25) is 4.79 Å². The number of para-hydroxylation sites is 1. The molecule has 4 rings (SSSR count). The SMILES string of the molecule is COc1cccc2c1N(C(=O)Cc1csc(-c3ccsc3)n1)CCC2. The van der Waals surface area contributed by atoms with Gasteiger partial charge in [0.25, 0.3) is 0 Å². The minimum absolute atomic E-state index is 0.0765. The number of carbonyl (C=O) groups is 1.